The van der Waals surface area contributed by atoms with E-state index in [1.54, 1.807) is 29.1 Å². The number of carbonyl (C=O) groups excluding carboxylic acids is 2. The van der Waals surface area contributed by atoms with E-state index in [9.17, 15) is 28.7 Å². The predicted octanol–water partition coefficient (Wildman–Crippen LogP) is -0.540. The van der Waals surface area contributed by atoms with Gasteiger partial charge in [0.2, 0.25) is 5.84 Å². The van der Waals surface area contributed by atoms with Crippen molar-refractivity contribution >= 4 is 58.5 Å². The van der Waals surface area contributed by atoms with Crippen LogP contribution in [0.4, 0.5) is 4.39 Å². The van der Waals surface area contributed by atoms with E-state index < -0.39 is 42.0 Å². The third kappa shape index (κ3) is 5.57. The molecule has 1 aromatic heterocycles. The number of amidine groups is 2. The molecule has 0 aromatic carbocycles. The first-order valence-electron chi connectivity index (χ1n) is 10.8. The first kappa shape index (κ1) is 26.9. The Morgan fingerprint density at radius 2 is 2.05 bits per heavy atom. The number of nitrogens with zero attached hydrogens (tertiary/aromatic N) is 5. The van der Waals surface area contributed by atoms with Crippen molar-refractivity contribution in [1.29, 1.82) is 0 Å². The number of carboxylic acid groups (broad SMARTS) is 2. The minimum absolute atomic E-state index is 0.0368. The van der Waals surface area contributed by atoms with Gasteiger partial charge in [-0.2, -0.15) is 0 Å². The van der Waals surface area contributed by atoms with E-state index in [0.717, 1.165) is 16.8 Å². The number of carbonyl (C=O) groups is 4. The van der Waals surface area contributed by atoms with Crippen LogP contribution < -0.4 is 15.6 Å². The highest BCUT2D eigenvalue weighted by molar-refractivity contribution is 8.12. The van der Waals surface area contributed by atoms with Gasteiger partial charge in [0.15, 0.2) is 24.1 Å². The van der Waals surface area contributed by atoms with Crippen LogP contribution in [0.2, 0.25) is 0 Å². The Morgan fingerprint density at radius 1 is 1.32 bits per heavy atom. The van der Waals surface area contributed by atoms with E-state index >= 15 is 0 Å². The third-order valence-electron chi connectivity index (χ3n) is 5.46. The molecule has 4 rings (SSSR count). The van der Waals surface area contributed by atoms with Crippen LogP contribution in [0.5, 0.6) is 0 Å². The number of aromatic carboxylic acids is 1. The van der Waals surface area contributed by atoms with Crippen LogP contribution in [0.15, 0.2) is 58.1 Å². The zero-order chi connectivity index (χ0) is 27.4. The maximum absolute atomic E-state index is 12.9. The molecule has 1 saturated heterocycles. The lowest BCUT2D eigenvalue weighted by Crippen LogP contribution is -2.71. The summed E-state index contributed by atoms with van der Waals surface area (Å²) in [5.74, 6) is -3.92. The number of halogens is 1. The first-order valence-corrected chi connectivity index (χ1v) is 12.7. The highest BCUT2D eigenvalue weighted by Gasteiger charge is 2.54. The Kier molecular flexibility index (Phi) is 8.16. The molecule has 2 amide bonds. The fourth-order valence-corrected chi connectivity index (χ4v) is 5.69. The number of hydrogen-bond acceptors (Lipinski definition) is 10. The molecule has 0 unspecified atom stereocenters. The van der Waals surface area contributed by atoms with E-state index in [2.05, 4.69) is 20.3 Å². The largest absolute Gasteiger partial charge is 0.478 e. The predicted molar refractivity (Wildman–Crippen MR) is 133 cm³/mol. The first-order chi connectivity index (χ1) is 18.2. The van der Waals surface area contributed by atoms with Gasteiger partial charge in [0.25, 0.3) is 18.7 Å². The number of β-lactam (4-membered cyclic amide) rings is 1. The van der Waals surface area contributed by atoms with Crippen molar-refractivity contribution in [2.75, 3.05) is 19.3 Å². The zero-order valence-electron chi connectivity index (χ0n) is 19.4. The second-order valence-corrected chi connectivity index (χ2v) is 9.94. The second-order valence-electron chi connectivity index (χ2n) is 7.79. The minimum Gasteiger partial charge on any atom is -0.478 e. The molecule has 0 radical (unpaired) electrons. The van der Waals surface area contributed by atoms with Crippen molar-refractivity contribution in [2.45, 2.75) is 18.0 Å². The molecule has 4 heterocycles. The molecule has 2 atom stereocenters. The van der Waals surface area contributed by atoms with Gasteiger partial charge in [-0.05, 0) is 11.6 Å². The number of alkyl halides is 1. The summed E-state index contributed by atoms with van der Waals surface area (Å²) >= 11 is 2.15. The summed E-state index contributed by atoms with van der Waals surface area (Å²) in [6.45, 7) is -0.983. The number of hydrogen-bond donors (Lipinski definition) is 4. The van der Waals surface area contributed by atoms with Gasteiger partial charge in [0, 0.05) is 29.8 Å². The number of oxime groups is 1. The third-order valence-corrected chi connectivity index (χ3v) is 7.59. The standard InChI is InChI=1S/C21H20FN7O7S2/c22-9-36-26-15(28-10-24-21(23)38-28)16(30)25-13-17(31)29-14(20(34)35)12(8-37-18(13)29)2-1-5-27-6-3-11(4-7-27)19(32)33/h1-4,6-7,13,18H,5,8-10H2,(H4-,23,24,25,30,32,33,34,35)/p+1/b2-1+,26-15-/t13-,18+/m1/s1. The van der Waals surface area contributed by atoms with Crippen molar-refractivity contribution in [1.82, 2.24) is 14.5 Å². The van der Waals surface area contributed by atoms with Crippen molar-refractivity contribution in [3.05, 3.63) is 53.5 Å². The summed E-state index contributed by atoms with van der Waals surface area (Å²) in [5, 5.41) is 24.3. The highest BCUT2D eigenvalue weighted by atomic mass is 32.2. The monoisotopic (exact) mass is 566 g/mol. The minimum atomic E-state index is -1.30. The molecule has 5 N–H and O–H groups in total. The quantitative estimate of drug-likeness (QED) is 0.0789. The molecule has 200 valence electrons. The van der Waals surface area contributed by atoms with Gasteiger partial charge >= 0.3 is 11.9 Å². The number of nitrogens with one attached hydrogen (secondary N) is 1. The zero-order valence-corrected chi connectivity index (χ0v) is 21.0. The van der Waals surface area contributed by atoms with E-state index in [1.165, 1.54) is 28.2 Å². The van der Waals surface area contributed by atoms with Crippen molar-refractivity contribution < 1.29 is 43.2 Å². The summed E-state index contributed by atoms with van der Waals surface area (Å²) in [7, 11) is 0. The SMILES string of the molecule is NC1=NCN(/C(=N\OCF)C(=O)N[C@@H]2C(=O)N3C(C(=O)O)=C(/C=C/C[n+]4ccc(C(=O)O)cc4)CS[C@@H]23)S1. The van der Waals surface area contributed by atoms with E-state index in [4.69, 9.17) is 10.8 Å². The molecule has 0 saturated carbocycles. The summed E-state index contributed by atoms with van der Waals surface area (Å²) in [6, 6.07) is 1.84. The fourth-order valence-electron chi connectivity index (χ4n) is 3.72. The Labute approximate surface area is 222 Å². The number of aliphatic carboxylic acids is 1. The number of pyridine rings is 1. The highest BCUT2D eigenvalue weighted by Crippen LogP contribution is 2.40. The van der Waals surface area contributed by atoms with Gasteiger partial charge < -0.3 is 26.1 Å². The van der Waals surface area contributed by atoms with Crippen LogP contribution in [0.1, 0.15) is 10.4 Å². The number of rotatable bonds is 8. The van der Waals surface area contributed by atoms with Gasteiger partial charge in [-0.15, -0.1) is 11.8 Å². The average molecular weight is 567 g/mol. The van der Waals surface area contributed by atoms with Crippen LogP contribution in [-0.2, 0) is 25.8 Å². The van der Waals surface area contributed by atoms with Crippen molar-refractivity contribution in [3.8, 4) is 0 Å². The molecule has 17 heteroatoms. The van der Waals surface area contributed by atoms with Gasteiger partial charge in [-0.1, -0.05) is 11.2 Å². The number of amides is 2. The van der Waals surface area contributed by atoms with Crippen LogP contribution in [0, 0.1) is 0 Å². The van der Waals surface area contributed by atoms with E-state index in [-0.39, 0.29) is 34.7 Å². The molecule has 3 aliphatic heterocycles. The molecule has 38 heavy (non-hydrogen) atoms. The molecule has 0 bridgehead atoms. The van der Waals surface area contributed by atoms with Gasteiger partial charge in [-0.3, -0.25) is 18.8 Å². The van der Waals surface area contributed by atoms with Crippen molar-refractivity contribution in [2.24, 2.45) is 15.9 Å². The number of aliphatic imine (C=N–C) groups is 1. The van der Waals surface area contributed by atoms with E-state index in [1.807, 2.05) is 0 Å². The number of allylic oxidation sites excluding steroid dienone is 2. The normalized spacial score (nSPS) is 21.2. The number of fused-ring (bicyclic) bond motifs is 1. The Hall–Kier alpha value is -4.12. The molecule has 14 nitrogen and oxygen atoms in total. The Balaban J connectivity index is 1.45. The summed E-state index contributed by atoms with van der Waals surface area (Å²) < 4.78 is 15.5. The smallest absolute Gasteiger partial charge is 0.352 e. The average Bonchev–Trinajstić information content (AvgIpc) is 3.32. The molecular weight excluding hydrogens is 545 g/mol. The molecule has 1 fully saturated rings. The lowest BCUT2D eigenvalue weighted by atomic mass is 10.0. The number of carboxylic acids is 2. The van der Waals surface area contributed by atoms with Crippen LogP contribution in [0.3, 0.4) is 0 Å². The summed E-state index contributed by atoms with van der Waals surface area (Å²) in [6.07, 6.45) is 6.45. The van der Waals surface area contributed by atoms with Gasteiger partial charge in [-0.25, -0.2) is 23.5 Å². The summed E-state index contributed by atoms with van der Waals surface area (Å²) in [5.41, 5.74) is 5.94. The maximum atomic E-state index is 12.9. The lowest BCUT2D eigenvalue weighted by Gasteiger charge is -2.49. The Morgan fingerprint density at radius 3 is 2.66 bits per heavy atom. The van der Waals surface area contributed by atoms with Crippen LogP contribution >= 0.6 is 23.7 Å². The molecule has 3 aliphatic rings. The van der Waals surface area contributed by atoms with Gasteiger partial charge in [0.1, 0.15) is 23.8 Å². The molecule has 0 spiro atoms. The summed E-state index contributed by atoms with van der Waals surface area (Å²) in [4.78, 5) is 58.2. The number of thioether (sulfide) groups is 1. The second kappa shape index (κ2) is 11.5. The maximum Gasteiger partial charge on any atom is 0.352 e. The molecule has 0 aliphatic carbocycles. The number of nitrogens with two attached hydrogens (primary N) is 1. The molecular formula is C21H21FN7O7S2+. The van der Waals surface area contributed by atoms with E-state index in [0.29, 0.717) is 12.1 Å². The van der Waals surface area contributed by atoms with Gasteiger partial charge in [0.05, 0.1) is 5.56 Å². The Bertz CT molecular complexity index is 1280. The number of aromatic nitrogens is 1. The van der Waals surface area contributed by atoms with Crippen molar-refractivity contribution in [3.63, 3.8) is 0 Å². The lowest BCUT2D eigenvalue weighted by molar-refractivity contribution is -0.687. The molecule has 1 aromatic rings. The topological polar surface area (TPSA) is 191 Å². The van der Waals surface area contributed by atoms with Crippen LogP contribution in [-0.4, -0.2) is 84.9 Å². The van der Waals surface area contributed by atoms with Crippen LogP contribution in [0.25, 0.3) is 0 Å². The fraction of sp³-hybridized carbons (Fsp3) is 0.286.